The van der Waals surface area contributed by atoms with Crippen LogP contribution in [0.4, 0.5) is 0 Å². The summed E-state index contributed by atoms with van der Waals surface area (Å²) in [6, 6.07) is 0.816. The number of quaternary nitrogens is 1. The molecule has 140 valence electrons. The van der Waals surface area contributed by atoms with Crippen molar-refractivity contribution < 1.29 is 28.0 Å². The number of hydrogen-bond acceptors (Lipinski definition) is 5. The van der Waals surface area contributed by atoms with Crippen LogP contribution in [0, 0.1) is 0 Å². The van der Waals surface area contributed by atoms with Crippen LogP contribution in [0.2, 0.25) is 6.04 Å². The van der Waals surface area contributed by atoms with Crippen molar-refractivity contribution >= 4 is 8.80 Å². The Labute approximate surface area is 143 Å². The first-order valence-electron chi connectivity index (χ1n) is 8.80. The van der Waals surface area contributed by atoms with E-state index in [1.165, 1.54) is 0 Å². The summed E-state index contributed by atoms with van der Waals surface area (Å²) in [7, 11) is 2.47. The molecule has 0 radical (unpaired) electrons. The van der Waals surface area contributed by atoms with Crippen LogP contribution in [-0.4, -0.2) is 84.2 Å². The fourth-order valence-electron chi connectivity index (χ4n) is 3.11. The zero-order valence-electron chi connectivity index (χ0n) is 15.6. The molecule has 6 nitrogen and oxygen atoms in total. The van der Waals surface area contributed by atoms with Crippen molar-refractivity contribution in [3.8, 4) is 0 Å². The van der Waals surface area contributed by atoms with E-state index in [1.807, 2.05) is 0 Å². The summed E-state index contributed by atoms with van der Waals surface area (Å²) in [5, 5.41) is 18.1. The van der Waals surface area contributed by atoms with Gasteiger partial charge in [0.25, 0.3) is 0 Å². The lowest BCUT2D eigenvalue weighted by molar-refractivity contribution is -0.927. The zero-order valence-corrected chi connectivity index (χ0v) is 16.6. The lowest BCUT2D eigenvalue weighted by atomic mass is 10.2. The van der Waals surface area contributed by atoms with Gasteiger partial charge >= 0.3 is 8.80 Å². The Bertz CT molecular complexity index is 259. The van der Waals surface area contributed by atoms with Gasteiger partial charge in [-0.25, -0.2) is 0 Å². The highest BCUT2D eigenvalue weighted by atomic mass is 28.4. The maximum Gasteiger partial charge on any atom is 0.500 e. The van der Waals surface area contributed by atoms with Crippen molar-refractivity contribution in [2.24, 2.45) is 0 Å². The molecule has 0 fully saturated rings. The zero-order chi connectivity index (χ0) is 17.6. The van der Waals surface area contributed by atoms with Gasteiger partial charge in [-0.05, 0) is 32.6 Å². The normalized spacial score (nSPS) is 12.8. The molecule has 0 aromatic rings. The van der Waals surface area contributed by atoms with Crippen LogP contribution in [0.3, 0.4) is 0 Å². The molecule has 0 aliphatic heterocycles. The molecule has 0 amide bonds. The van der Waals surface area contributed by atoms with Gasteiger partial charge in [0.15, 0.2) is 0 Å². The Morgan fingerprint density at radius 3 is 1.52 bits per heavy atom. The number of nitrogens with zero attached hydrogens (tertiary/aromatic N) is 1. The van der Waals surface area contributed by atoms with Gasteiger partial charge in [-0.3, -0.25) is 0 Å². The Kier molecular flexibility index (Phi) is 13.3. The van der Waals surface area contributed by atoms with Crippen LogP contribution < -0.4 is 0 Å². The third kappa shape index (κ3) is 8.58. The molecular formula is C16H38NO5Si+. The van der Waals surface area contributed by atoms with Gasteiger partial charge in [-0.1, -0.05) is 0 Å². The number of unbranched alkanes of at least 4 members (excludes halogenated alkanes) is 2. The van der Waals surface area contributed by atoms with Crippen molar-refractivity contribution in [1.29, 1.82) is 0 Å². The van der Waals surface area contributed by atoms with E-state index < -0.39 is 8.80 Å². The second-order valence-corrected chi connectivity index (χ2v) is 9.18. The maximum absolute atomic E-state index is 9.04. The van der Waals surface area contributed by atoms with Crippen molar-refractivity contribution in [3.05, 3.63) is 0 Å². The molecule has 0 aliphatic carbocycles. The van der Waals surface area contributed by atoms with Gasteiger partial charge in [-0.15, -0.1) is 0 Å². The Balaban J connectivity index is 4.64. The fourth-order valence-corrected chi connectivity index (χ4v) is 4.82. The average Bonchev–Trinajstić information content (AvgIpc) is 2.59. The Hall–Kier alpha value is -0.0231. The van der Waals surface area contributed by atoms with Crippen LogP contribution in [0.15, 0.2) is 0 Å². The minimum absolute atomic E-state index is 0.257. The first-order chi connectivity index (χ1) is 11.1. The third-order valence-electron chi connectivity index (χ3n) is 4.80. The van der Waals surface area contributed by atoms with E-state index in [0.29, 0.717) is 0 Å². The second-order valence-electron chi connectivity index (χ2n) is 6.09. The summed E-state index contributed by atoms with van der Waals surface area (Å²) >= 11 is 0. The highest BCUT2D eigenvalue weighted by Gasteiger charge is 2.38. The molecule has 0 atom stereocenters. The van der Waals surface area contributed by atoms with Crippen molar-refractivity contribution in [2.75, 3.05) is 60.7 Å². The first kappa shape index (κ1) is 23.0. The number of rotatable bonds is 16. The number of aliphatic hydroxyl groups excluding tert-OH is 2. The monoisotopic (exact) mass is 352 g/mol. The molecule has 0 aromatic carbocycles. The molecule has 23 heavy (non-hydrogen) atoms. The van der Waals surface area contributed by atoms with E-state index in [2.05, 4.69) is 6.92 Å². The Morgan fingerprint density at radius 2 is 1.17 bits per heavy atom. The minimum Gasteiger partial charge on any atom is -0.396 e. The maximum atomic E-state index is 9.04. The molecule has 0 aromatic heterocycles. The van der Waals surface area contributed by atoms with Gasteiger partial charge in [-0.2, -0.15) is 0 Å². The predicted octanol–water partition coefficient (Wildman–Crippen LogP) is 1.64. The van der Waals surface area contributed by atoms with E-state index in [1.54, 1.807) is 21.3 Å². The molecular weight excluding hydrogens is 314 g/mol. The van der Waals surface area contributed by atoms with Gasteiger partial charge in [0.05, 0.1) is 26.2 Å². The predicted molar refractivity (Wildman–Crippen MR) is 94.2 cm³/mol. The highest BCUT2D eigenvalue weighted by Crippen LogP contribution is 2.19. The number of hydrogen-bond donors (Lipinski definition) is 2. The summed E-state index contributed by atoms with van der Waals surface area (Å²) in [6.45, 7) is 7.01. The van der Waals surface area contributed by atoms with Crippen LogP contribution in [0.5, 0.6) is 0 Å². The van der Waals surface area contributed by atoms with Crippen molar-refractivity contribution in [3.63, 3.8) is 0 Å². The number of aliphatic hydroxyl groups is 2. The van der Waals surface area contributed by atoms with E-state index >= 15 is 0 Å². The van der Waals surface area contributed by atoms with E-state index in [-0.39, 0.29) is 13.2 Å². The topological polar surface area (TPSA) is 68.2 Å². The van der Waals surface area contributed by atoms with E-state index in [0.717, 1.165) is 68.8 Å². The molecule has 7 heteroatoms. The molecule has 0 saturated carbocycles. The van der Waals surface area contributed by atoms with E-state index in [9.17, 15) is 0 Å². The smallest absolute Gasteiger partial charge is 0.396 e. The van der Waals surface area contributed by atoms with Crippen LogP contribution in [0.25, 0.3) is 0 Å². The lowest BCUT2D eigenvalue weighted by Crippen LogP contribution is -2.51. The SMILES string of the molecule is CC[N+](CCCCO)(CCCCO)CCC[Si](OC)(OC)OC. The fraction of sp³-hybridized carbons (Fsp3) is 1.00. The summed E-state index contributed by atoms with van der Waals surface area (Å²) in [5.41, 5.74) is 0. The molecule has 0 saturated heterocycles. The second kappa shape index (κ2) is 13.3. The molecule has 0 rings (SSSR count). The standard InChI is InChI=1S/C16H38NO5Si/c1-5-17(11-6-8-14-18,12-7-9-15-19)13-10-16-23(20-2,21-3)22-4/h18-19H,5-16H2,1-4H3/q+1. The quantitative estimate of drug-likeness (QED) is 0.251. The van der Waals surface area contributed by atoms with Gasteiger partial charge < -0.3 is 28.0 Å². The summed E-state index contributed by atoms with van der Waals surface area (Å²) in [4.78, 5) is 0. The highest BCUT2D eigenvalue weighted by molar-refractivity contribution is 6.60. The van der Waals surface area contributed by atoms with Gasteiger partial charge in [0, 0.05) is 47.0 Å². The molecule has 0 unspecified atom stereocenters. The van der Waals surface area contributed by atoms with Crippen LogP contribution in [-0.2, 0) is 13.3 Å². The lowest BCUT2D eigenvalue weighted by Gasteiger charge is -2.39. The average molecular weight is 353 g/mol. The van der Waals surface area contributed by atoms with Crippen molar-refractivity contribution in [2.45, 2.75) is 45.1 Å². The van der Waals surface area contributed by atoms with Crippen LogP contribution in [0.1, 0.15) is 39.0 Å². The van der Waals surface area contributed by atoms with Gasteiger partial charge in [0.1, 0.15) is 0 Å². The summed E-state index contributed by atoms with van der Waals surface area (Å²) in [6.07, 6.45) is 4.77. The Morgan fingerprint density at radius 1 is 0.739 bits per heavy atom. The van der Waals surface area contributed by atoms with E-state index in [4.69, 9.17) is 23.5 Å². The first-order valence-corrected chi connectivity index (χ1v) is 10.7. The summed E-state index contributed by atoms with van der Waals surface area (Å²) < 4.78 is 17.5. The molecule has 0 aliphatic rings. The third-order valence-corrected chi connectivity index (χ3v) is 7.63. The molecule has 0 bridgehead atoms. The molecule has 2 N–H and O–H groups in total. The van der Waals surface area contributed by atoms with Gasteiger partial charge in [0.2, 0.25) is 0 Å². The molecule has 0 heterocycles. The van der Waals surface area contributed by atoms with Crippen molar-refractivity contribution in [1.82, 2.24) is 0 Å². The largest absolute Gasteiger partial charge is 0.500 e. The summed E-state index contributed by atoms with van der Waals surface area (Å²) in [5.74, 6) is 0. The minimum atomic E-state index is -2.50. The van der Waals surface area contributed by atoms with Crippen LogP contribution >= 0.6 is 0 Å². The molecule has 0 spiro atoms.